The number of likely N-dealkylation sites (tertiary alicyclic amines) is 1. The second kappa shape index (κ2) is 12.0. The van der Waals surface area contributed by atoms with Crippen molar-refractivity contribution in [2.24, 2.45) is 5.92 Å². The van der Waals surface area contributed by atoms with Crippen molar-refractivity contribution in [3.63, 3.8) is 0 Å². The first-order valence-corrected chi connectivity index (χ1v) is 15.1. The molecule has 0 aromatic heterocycles. The zero-order chi connectivity index (χ0) is 28.6. The molecule has 1 aliphatic rings. The third kappa shape index (κ3) is 7.63. The highest BCUT2D eigenvalue weighted by Gasteiger charge is 2.40. The van der Waals surface area contributed by atoms with Gasteiger partial charge in [0.1, 0.15) is 11.6 Å². The Balaban J connectivity index is 0.00000533. The SMILES string of the molecule is Br.CCC[C@H]1CN(CC(=O)c2cc(C(C)(C)C)c(O)c(C(C)(C)C)c2)C(=N)[C@@H]1c1ccccc1NS(C)(=O)=O. The van der Waals surface area contributed by atoms with Crippen LogP contribution in [0.5, 0.6) is 5.75 Å². The van der Waals surface area contributed by atoms with Crippen LogP contribution in [-0.4, -0.2) is 49.4 Å². The molecule has 0 saturated carbocycles. The summed E-state index contributed by atoms with van der Waals surface area (Å²) in [4.78, 5) is 15.5. The number of phenolic OH excluding ortho intramolecular Hbond substituents is 1. The number of sulfonamides is 1. The molecule has 216 valence electrons. The maximum absolute atomic E-state index is 13.7. The van der Waals surface area contributed by atoms with E-state index in [9.17, 15) is 18.3 Å². The highest BCUT2D eigenvalue weighted by atomic mass is 79.9. The molecule has 2 atom stereocenters. The molecule has 1 saturated heterocycles. The number of anilines is 1. The van der Waals surface area contributed by atoms with Gasteiger partial charge >= 0.3 is 0 Å². The first-order chi connectivity index (χ1) is 17.4. The highest BCUT2D eigenvalue weighted by Crippen LogP contribution is 2.42. The molecule has 1 fully saturated rings. The molecule has 0 spiro atoms. The summed E-state index contributed by atoms with van der Waals surface area (Å²) < 4.78 is 26.6. The number of para-hydroxylation sites is 1. The van der Waals surface area contributed by atoms with E-state index in [1.165, 1.54) is 0 Å². The van der Waals surface area contributed by atoms with E-state index in [1.807, 2.05) is 58.6 Å². The van der Waals surface area contributed by atoms with Crippen LogP contribution in [0.1, 0.15) is 94.3 Å². The van der Waals surface area contributed by atoms with Gasteiger partial charge in [0.25, 0.3) is 0 Å². The van der Waals surface area contributed by atoms with Gasteiger partial charge in [-0.3, -0.25) is 14.9 Å². The van der Waals surface area contributed by atoms with Crippen LogP contribution in [0, 0.1) is 11.3 Å². The summed E-state index contributed by atoms with van der Waals surface area (Å²) in [6, 6.07) is 10.8. The Morgan fingerprint density at radius 2 is 1.62 bits per heavy atom. The summed E-state index contributed by atoms with van der Waals surface area (Å²) in [6.45, 7) is 14.8. The lowest BCUT2D eigenvalue weighted by atomic mass is 9.78. The van der Waals surface area contributed by atoms with Gasteiger partial charge in [-0.25, -0.2) is 8.42 Å². The number of carbonyl (C=O) groups excluding carboxylic acids is 1. The average Bonchev–Trinajstić information content (AvgIpc) is 3.06. The van der Waals surface area contributed by atoms with E-state index in [2.05, 4.69) is 11.6 Å². The van der Waals surface area contributed by atoms with E-state index in [4.69, 9.17) is 5.41 Å². The standard InChI is InChI=1S/C30H43N3O4S.BrH/c1-9-12-19-17-33(28(31)26(19)21-13-10-11-14-24(21)32-38(8,36)37)18-25(34)20-15-22(29(2,3)4)27(35)23(16-20)30(5,6)7;/h10-11,13-16,19,26,31-32,35H,9,12,17-18H2,1-8H3;1H/t19-,26-;/m0./s1. The van der Waals surface area contributed by atoms with Crippen molar-refractivity contribution in [1.29, 1.82) is 5.41 Å². The van der Waals surface area contributed by atoms with Crippen molar-refractivity contribution in [2.75, 3.05) is 24.1 Å². The smallest absolute Gasteiger partial charge is 0.229 e. The molecule has 2 aromatic rings. The Hall–Kier alpha value is -2.39. The normalized spacial score (nSPS) is 18.2. The van der Waals surface area contributed by atoms with Gasteiger partial charge in [0.15, 0.2) is 5.78 Å². The second-order valence-electron chi connectivity index (χ2n) is 12.6. The monoisotopic (exact) mass is 621 g/mol. The summed E-state index contributed by atoms with van der Waals surface area (Å²) in [5.41, 5.74) is 2.51. The molecule has 39 heavy (non-hydrogen) atoms. The van der Waals surface area contributed by atoms with Crippen molar-refractivity contribution in [3.05, 3.63) is 58.7 Å². The summed E-state index contributed by atoms with van der Waals surface area (Å²) in [7, 11) is -3.49. The van der Waals surface area contributed by atoms with E-state index < -0.39 is 10.0 Å². The maximum atomic E-state index is 13.7. The van der Waals surface area contributed by atoms with E-state index in [-0.39, 0.29) is 57.7 Å². The van der Waals surface area contributed by atoms with Gasteiger partial charge in [-0.2, -0.15) is 0 Å². The number of hydrogen-bond acceptors (Lipinski definition) is 5. The van der Waals surface area contributed by atoms with Crippen LogP contribution in [-0.2, 0) is 20.9 Å². The minimum absolute atomic E-state index is 0. The molecular formula is C30H44BrN3O4S. The fraction of sp³-hybridized carbons (Fsp3) is 0.533. The van der Waals surface area contributed by atoms with Gasteiger partial charge in [-0.05, 0) is 46.9 Å². The number of rotatable bonds is 8. The zero-order valence-corrected chi connectivity index (χ0v) is 26.9. The van der Waals surface area contributed by atoms with E-state index >= 15 is 0 Å². The molecule has 1 heterocycles. The van der Waals surface area contributed by atoms with Crippen LogP contribution >= 0.6 is 17.0 Å². The van der Waals surface area contributed by atoms with Gasteiger partial charge in [0, 0.05) is 29.2 Å². The van der Waals surface area contributed by atoms with E-state index in [0.717, 1.165) is 35.8 Å². The molecule has 3 N–H and O–H groups in total. The molecule has 9 heteroatoms. The lowest BCUT2D eigenvalue weighted by Crippen LogP contribution is -2.32. The summed E-state index contributed by atoms with van der Waals surface area (Å²) in [6.07, 6.45) is 2.89. The molecule has 0 amide bonds. The Kier molecular flexibility index (Phi) is 10.1. The molecule has 1 aliphatic heterocycles. The number of benzene rings is 2. The van der Waals surface area contributed by atoms with Crippen molar-refractivity contribution in [3.8, 4) is 5.75 Å². The number of amidine groups is 1. The Morgan fingerprint density at radius 3 is 2.10 bits per heavy atom. The summed E-state index contributed by atoms with van der Waals surface area (Å²) in [5, 5.41) is 20.1. The van der Waals surface area contributed by atoms with E-state index in [0.29, 0.717) is 23.6 Å². The second-order valence-corrected chi connectivity index (χ2v) is 14.3. The van der Waals surface area contributed by atoms with Gasteiger partial charge in [-0.1, -0.05) is 73.1 Å². The molecule has 3 rings (SSSR count). The predicted octanol–water partition coefficient (Wildman–Crippen LogP) is 6.61. The summed E-state index contributed by atoms with van der Waals surface area (Å²) >= 11 is 0. The quantitative estimate of drug-likeness (QED) is 0.287. The first kappa shape index (κ1) is 32.8. The third-order valence-electron chi connectivity index (χ3n) is 7.19. The third-order valence-corrected chi connectivity index (χ3v) is 7.79. The number of nitrogens with zero attached hydrogens (tertiary/aromatic N) is 1. The fourth-order valence-corrected chi connectivity index (χ4v) is 5.94. The first-order valence-electron chi connectivity index (χ1n) is 13.2. The van der Waals surface area contributed by atoms with Crippen LogP contribution < -0.4 is 4.72 Å². The van der Waals surface area contributed by atoms with Crippen molar-refractivity contribution >= 4 is 44.3 Å². The minimum Gasteiger partial charge on any atom is -0.507 e. The van der Waals surface area contributed by atoms with Crippen LogP contribution in [0.15, 0.2) is 36.4 Å². The number of Topliss-reactive ketones (excluding diaryl/α,β-unsaturated/α-hetero) is 1. The van der Waals surface area contributed by atoms with Gasteiger partial charge in [0.2, 0.25) is 10.0 Å². The number of ketones is 1. The molecule has 2 aromatic carbocycles. The molecule has 0 radical (unpaired) electrons. The topological polar surface area (TPSA) is 111 Å². The van der Waals surface area contributed by atoms with Gasteiger partial charge in [0.05, 0.1) is 18.5 Å². The lowest BCUT2D eigenvalue weighted by molar-refractivity contribution is 0.0963. The Bertz CT molecular complexity index is 1290. The van der Waals surface area contributed by atoms with Crippen molar-refractivity contribution in [1.82, 2.24) is 4.90 Å². The number of phenols is 1. The molecule has 0 unspecified atom stereocenters. The molecule has 0 bridgehead atoms. The molecule has 7 nitrogen and oxygen atoms in total. The molecule has 0 aliphatic carbocycles. The maximum Gasteiger partial charge on any atom is 0.229 e. The summed E-state index contributed by atoms with van der Waals surface area (Å²) in [5.74, 6) is 0.212. The van der Waals surface area contributed by atoms with Crippen LogP contribution in [0.2, 0.25) is 0 Å². The number of hydrogen-bond donors (Lipinski definition) is 3. The van der Waals surface area contributed by atoms with Crippen LogP contribution in [0.25, 0.3) is 0 Å². The molecular weight excluding hydrogens is 578 g/mol. The van der Waals surface area contributed by atoms with Crippen LogP contribution in [0.3, 0.4) is 0 Å². The van der Waals surface area contributed by atoms with Gasteiger partial charge < -0.3 is 10.0 Å². The number of nitrogens with one attached hydrogen (secondary N) is 2. The highest BCUT2D eigenvalue weighted by molar-refractivity contribution is 8.93. The minimum atomic E-state index is -3.49. The number of carbonyl (C=O) groups is 1. The lowest BCUT2D eigenvalue weighted by Gasteiger charge is -2.28. The van der Waals surface area contributed by atoms with E-state index in [1.54, 1.807) is 24.3 Å². The largest absolute Gasteiger partial charge is 0.507 e. The van der Waals surface area contributed by atoms with Crippen molar-refractivity contribution in [2.45, 2.75) is 78.1 Å². The fourth-order valence-electron chi connectivity index (χ4n) is 5.35. The number of halogens is 1. The Morgan fingerprint density at radius 1 is 1.08 bits per heavy atom. The van der Waals surface area contributed by atoms with Crippen LogP contribution in [0.4, 0.5) is 5.69 Å². The number of aromatic hydroxyl groups is 1. The van der Waals surface area contributed by atoms with Crippen molar-refractivity contribution < 1.29 is 18.3 Å². The zero-order valence-electron chi connectivity index (χ0n) is 24.4. The Labute approximate surface area is 244 Å². The van der Waals surface area contributed by atoms with Gasteiger partial charge in [-0.15, -0.1) is 17.0 Å². The average molecular weight is 623 g/mol. The predicted molar refractivity (Wildman–Crippen MR) is 166 cm³/mol.